The molecular weight excluding hydrogens is 534 g/mol. The number of halogens is 1. The number of hydrogen-bond donors (Lipinski definition) is 5. The van der Waals surface area contributed by atoms with Crippen LogP contribution < -0.4 is 21.7 Å². The van der Waals surface area contributed by atoms with Crippen molar-refractivity contribution in [3.63, 3.8) is 0 Å². The van der Waals surface area contributed by atoms with E-state index in [-0.39, 0.29) is 29.3 Å². The molecule has 0 fully saturated rings. The SMILES string of the molecule is COC(=O)Nc1cc2c(c(NC(=O)[C@H]3CCc4c(ccnc4N)C3)c1)-c1nc([nH]c1Cl)CCC=CCCC(=O)N2. The van der Waals surface area contributed by atoms with E-state index in [0.717, 1.165) is 17.5 Å². The van der Waals surface area contributed by atoms with Crippen LogP contribution in [0.4, 0.5) is 27.7 Å². The molecule has 1 aromatic carbocycles. The molecule has 11 nitrogen and oxygen atoms in total. The van der Waals surface area contributed by atoms with Gasteiger partial charge in [0.05, 0.1) is 24.0 Å². The predicted molar refractivity (Wildman–Crippen MR) is 153 cm³/mol. The molecule has 0 spiro atoms. The van der Waals surface area contributed by atoms with Crippen molar-refractivity contribution < 1.29 is 19.1 Å². The lowest BCUT2D eigenvalue weighted by atomic mass is 9.83. The standard InChI is InChI=1S/C28H30ClN7O4/c1-40-28(39)32-17-13-19-23(24-25(29)36-21(35-24)6-4-2-3-5-7-22(37)33-19)20(14-17)34-27(38)16-8-9-18-15(12-16)10-11-31-26(18)30/h2-3,10-11,13-14,16H,4-9,12H2,1H3,(H2,30,31)(H,32,39)(H,33,37)(H,34,38)(H,35,36)/t16-/m0/s1. The number of hydrogen-bond acceptors (Lipinski definition) is 7. The summed E-state index contributed by atoms with van der Waals surface area (Å²) >= 11 is 6.62. The van der Waals surface area contributed by atoms with Crippen LogP contribution in [0.1, 0.15) is 42.6 Å². The fourth-order valence-electron chi connectivity index (χ4n) is 5.08. The highest BCUT2D eigenvalue weighted by molar-refractivity contribution is 6.32. The van der Waals surface area contributed by atoms with Crippen LogP contribution in [0.15, 0.2) is 36.5 Å². The Bertz CT molecular complexity index is 1500. The fourth-order valence-corrected chi connectivity index (χ4v) is 5.32. The van der Waals surface area contributed by atoms with E-state index in [4.69, 9.17) is 27.1 Å². The summed E-state index contributed by atoms with van der Waals surface area (Å²) in [6, 6.07) is 5.08. The van der Waals surface area contributed by atoms with Gasteiger partial charge < -0.3 is 26.1 Å². The number of imidazole rings is 1. The van der Waals surface area contributed by atoms with Gasteiger partial charge in [-0.1, -0.05) is 23.8 Å². The number of nitrogens with zero attached hydrogens (tertiary/aromatic N) is 2. The van der Waals surface area contributed by atoms with Gasteiger partial charge >= 0.3 is 6.09 Å². The number of anilines is 4. The molecule has 2 aromatic heterocycles. The molecule has 2 aliphatic rings. The predicted octanol–water partition coefficient (Wildman–Crippen LogP) is 4.85. The Morgan fingerprint density at radius 3 is 2.75 bits per heavy atom. The molecule has 1 aliphatic heterocycles. The zero-order valence-electron chi connectivity index (χ0n) is 22.0. The molecule has 1 atom stereocenters. The monoisotopic (exact) mass is 563 g/mol. The van der Waals surface area contributed by atoms with Crippen molar-refractivity contribution in [2.24, 2.45) is 5.92 Å². The van der Waals surface area contributed by atoms with E-state index in [0.29, 0.717) is 72.1 Å². The first-order valence-corrected chi connectivity index (χ1v) is 13.5. The molecule has 208 valence electrons. The highest BCUT2D eigenvalue weighted by Gasteiger charge is 2.28. The van der Waals surface area contributed by atoms with Crippen LogP contribution in [-0.4, -0.2) is 40.0 Å². The van der Waals surface area contributed by atoms with Crippen LogP contribution in [0.25, 0.3) is 11.3 Å². The first kappa shape index (κ1) is 27.2. The summed E-state index contributed by atoms with van der Waals surface area (Å²) in [7, 11) is 1.25. The second-order valence-electron chi connectivity index (χ2n) is 9.77. The summed E-state index contributed by atoms with van der Waals surface area (Å²) in [5.74, 6) is 0.375. The van der Waals surface area contributed by atoms with Gasteiger partial charge in [-0.15, -0.1) is 0 Å². The Morgan fingerprint density at radius 2 is 1.95 bits per heavy atom. The number of amides is 3. The number of rotatable bonds is 3. The van der Waals surface area contributed by atoms with Crippen molar-refractivity contribution in [2.45, 2.75) is 44.9 Å². The molecule has 2 bridgehead atoms. The van der Waals surface area contributed by atoms with Crippen molar-refractivity contribution in [3.8, 4) is 11.3 Å². The second-order valence-corrected chi connectivity index (χ2v) is 10.1. The normalized spacial score (nSPS) is 16.8. The second kappa shape index (κ2) is 11.8. The number of fused-ring (bicyclic) bond motifs is 5. The molecule has 3 amide bonds. The number of carbonyl (C=O) groups is 3. The maximum atomic E-state index is 13.6. The molecule has 6 N–H and O–H groups in total. The third kappa shape index (κ3) is 5.94. The summed E-state index contributed by atoms with van der Waals surface area (Å²) < 4.78 is 4.76. The summed E-state index contributed by atoms with van der Waals surface area (Å²) in [4.78, 5) is 50.6. The van der Waals surface area contributed by atoms with Gasteiger partial charge in [0.15, 0.2) is 0 Å². The van der Waals surface area contributed by atoms with Crippen LogP contribution >= 0.6 is 11.6 Å². The van der Waals surface area contributed by atoms with E-state index < -0.39 is 6.09 Å². The lowest BCUT2D eigenvalue weighted by molar-refractivity contribution is -0.120. The molecular formula is C28H30ClN7O4. The van der Waals surface area contributed by atoms with E-state index in [1.165, 1.54) is 7.11 Å². The number of nitrogen functional groups attached to an aromatic ring is 1. The minimum absolute atomic E-state index is 0.219. The van der Waals surface area contributed by atoms with Crippen molar-refractivity contribution >= 4 is 52.4 Å². The van der Waals surface area contributed by atoms with Crippen molar-refractivity contribution in [1.82, 2.24) is 15.0 Å². The molecule has 40 heavy (non-hydrogen) atoms. The third-order valence-electron chi connectivity index (χ3n) is 7.07. The third-order valence-corrected chi connectivity index (χ3v) is 7.34. The number of aryl methyl sites for hydroxylation is 1. The van der Waals surface area contributed by atoms with Crippen LogP contribution in [0.3, 0.4) is 0 Å². The number of nitrogens with one attached hydrogen (secondary N) is 4. The smallest absolute Gasteiger partial charge is 0.411 e. The van der Waals surface area contributed by atoms with Gasteiger partial charge in [0.1, 0.15) is 22.5 Å². The van der Waals surface area contributed by atoms with Crippen molar-refractivity contribution in [1.29, 1.82) is 0 Å². The van der Waals surface area contributed by atoms with Gasteiger partial charge in [0.25, 0.3) is 0 Å². The Labute approximate surface area is 235 Å². The Balaban J connectivity index is 1.57. The van der Waals surface area contributed by atoms with Crippen LogP contribution in [0.5, 0.6) is 0 Å². The summed E-state index contributed by atoms with van der Waals surface area (Å²) in [5.41, 5.74) is 9.80. The number of benzene rings is 1. The van der Waals surface area contributed by atoms with Gasteiger partial charge in [-0.3, -0.25) is 14.9 Å². The minimum atomic E-state index is -0.700. The minimum Gasteiger partial charge on any atom is -0.453 e. The zero-order valence-corrected chi connectivity index (χ0v) is 22.7. The van der Waals surface area contributed by atoms with E-state index in [1.807, 2.05) is 18.2 Å². The van der Waals surface area contributed by atoms with Crippen LogP contribution in [-0.2, 0) is 33.6 Å². The molecule has 5 rings (SSSR count). The molecule has 0 radical (unpaired) electrons. The maximum absolute atomic E-state index is 13.6. The molecule has 3 heterocycles. The topological polar surface area (TPSA) is 164 Å². The Morgan fingerprint density at radius 1 is 1.15 bits per heavy atom. The van der Waals surface area contributed by atoms with Gasteiger partial charge in [0, 0.05) is 30.6 Å². The van der Waals surface area contributed by atoms with Gasteiger partial charge in [0.2, 0.25) is 11.8 Å². The summed E-state index contributed by atoms with van der Waals surface area (Å²) in [5, 5.41) is 8.84. The first-order chi connectivity index (χ1) is 19.3. The highest BCUT2D eigenvalue weighted by Crippen LogP contribution is 2.41. The number of ether oxygens (including phenoxy) is 1. The molecule has 12 heteroatoms. The number of methoxy groups -OCH3 is 1. The number of allylic oxidation sites excluding steroid dienone is 2. The zero-order chi connectivity index (χ0) is 28.2. The Hall–Kier alpha value is -4.38. The number of H-pyrrole nitrogens is 1. The average Bonchev–Trinajstić information content (AvgIpc) is 3.29. The Kier molecular flexibility index (Phi) is 8.01. The van der Waals surface area contributed by atoms with Gasteiger partial charge in [-0.25, -0.2) is 14.8 Å². The summed E-state index contributed by atoms with van der Waals surface area (Å²) in [6.07, 6.45) is 8.81. The van der Waals surface area contributed by atoms with Crippen LogP contribution in [0, 0.1) is 5.92 Å². The van der Waals surface area contributed by atoms with Crippen molar-refractivity contribution in [2.75, 3.05) is 28.8 Å². The van der Waals surface area contributed by atoms with Crippen molar-refractivity contribution in [3.05, 3.63) is 58.7 Å². The van der Waals surface area contributed by atoms with E-state index in [1.54, 1.807) is 18.3 Å². The maximum Gasteiger partial charge on any atom is 0.411 e. The molecule has 1 aliphatic carbocycles. The number of aromatic nitrogens is 3. The molecule has 0 saturated carbocycles. The van der Waals surface area contributed by atoms with E-state index >= 15 is 0 Å². The van der Waals surface area contributed by atoms with E-state index in [9.17, 15) is 14.4 Å². The van der Waals surface area contributed by atoms with Gasteiger partial charge in [-0.2, -0.15) is 0 Å². The lowest BCUT2D eigenvalue weighted by Crippen LogP contribution is -2.29. The first-order valence-electron chi connectivity index (χ1n) is 13.1. The largest absolute Gasteiger partial charge is 0.453 e. The number of aromatic amines is 1. The lowest BCUT2D eigenvalue weighted by Gasteiger charge is -2.25. The quantitative estimate of drug-likeness (QED) is 0.284. The molecule has 0 saturated heterocycles. The number of pyridine rings is 1. The number of carbonyl (C=O) groups excluding carboxylic acids is 3. The molecule has 3 aromatic rings. The van der Waals surface area contributed by atoms with Gasteiger partial charge in [-0.05, 0) is 61.4 Å². The average molecular weight is 564 g/mol. The summed E-state index contributed by atoms with van der Waals surface area (Å²) in [6.45, 7) is 0. The number of nitrogens with two attached hydrogens (primary N) is 1. The highest BCUT2D eigenvalue weighted by atomic mass is 35.5. The fraction of sp³-hybridized carbons (Fsp3) is 0.321. The molecule has 0 unspecified atom stereocenters. The van der Waals surface area contributed by atoms with Crippen LogP contribution in [0.2, 0.25) is 5.15 Å². The van der Waals surface area contributed by atoms with E-state index in [2.05, 4.69) is 25.9 Å².